The molecule has 1 spiro atoms. The Morgan fingerprint density at radius 1 is 1.18 bits per heavy atom. The van der Waals surface area contributed by atoms with Crippen LogP contribution in [0.2, 0.25) is 5.02 Å². The van der Waals surface area contributed by atoms with Gasteiger partial charge in [0, 0.05) is 42.3 Å². The van der Waals surface area contributed by atoms with E-state index in [1.54, 1.807) is 10.6 Å². The number of amides is 2. The molecule has 16 heteroatoms. The van der Waals surface area contributed by atoms with Crippen molar-refractivity contribution >= 4 is 51.8 Å². The lowest BCUT2D eigenvalue weighted by atomic mass is 9.75. The molecule has 5 heterocycles. The summed E-state index contributed by atoms with van der Waals surface area (Å²) in [5, 5.41) is 22.0. The highest BCUT2D eigenvalue weighted by molar-refractivity contribution is 6.33. The van der Waals surface area contributed by atoms with Crippen molar-refractivity contribution in [3.05, 3.63) is 74.7 Å². The van der Waals surface area contributed by atoms with Crippen LogP contribution in [0.25, 0.3) is 16.9 Å². The summed E-state index contributed by atoms with van der Waals surface area (Å²) in [6.07, 6.45) is 0.526. The number of alkyl halides is 3. The lowest BCUT2D eigenvalue weighted by Gasteiger charge is -2.28. The second-order valence-corrected chi connectivity index (χ2v) is 13.0. The maximum atomic E-state index is 14.5. The summed E-state index contributed by atoms with van der Waals surface area (Å²) in [4.78, 5) is 48.5. The number of ether oxygens (including phenoxy) is 1. The summed E-state index contributed by atoms with van der Waals surface area (Å²) in [5.41, 5.74) is -0.0531. The van der Waals surface area contributed by atoms with Gasteiger partial charge in [0.25, 0.3) is 0 Å². The first-order valence-electron chi connectivity index (χ1n) is 15.8. The van der Waals surface area contributed by atoms with Crippen LogP contribution in [0.1, 0.15) is 61.8 Å². The van der Waals surface area contributed by atoms with Gasteiger partial charge in [-0.25, -0.2) is 4.98 Å². The van der Waals surface area contributed by atoms with Crippen LogP contribution in [0.3, 0.4) is 0 Å². The molecule has 0 saturated carbocycles. The van der Waals surface area contributed by atoms with Gasteiger partial charge in [-0.2, -0.15) is 18.0 Å². The molecule has 256 valence electrons. The Balaban J connectivity index is 1.31. The van der Waals surface area contributed by atoms with Crippen LogP contribution in [0.15, 0.2) is 47.4 Å². The fourth-order valence-corrected chi connectivity index (χ4v) is 7.59. The Kier molecular flexibility index (Phi) is 8.22. The molecular formula is C33H31ClF3N7O5. The van der Waals surface area contributed by atoms with Crippen molar-refractivity contribution in [1.82, 2.24) is 24.5 Å². The molecule has 12 nitrogen and oxygen atoms in total. The number of carbonyl (C=O) groups is 2. The molecule has 2 N–H and O–H groups in total. The van der Waals surface area contributed by atoms with Crippen LogP contribution in [-0.4, -0.2) is 61.2 Å². The third-order valence-electron chi connectivity index (χ3n) is 9.56. The number of benzene rings is 1. The molecular weight excluding hydrogens is 667 g/mol. The van der Waals surface area contributed by atoms with Gasteiger partial charge >= 0.3 is 6.18 Å². The van der Waals surface area contributed by atoms with E-state index >= 15 is 0 Å². The Bertz CT molecular complexity index is 2100. The second-order valence-electron chi connectivity index (χ2n) is 12.6. The first kappa shape index (κ1) is 32.8. The van der Waals surface area contributed by atoms with Gasteiger partial charge in [-0.05, 0) is 61.6 Å². The standard InChI is InChI=1S/C33H31ClF3N7O5/c1-18-16-32(9-6-25(47)42(12-10-32)30-23(45)3-2-11-38-30)26-28(18)43(17-24(46)39-22-5-4-19(15-21(22)34)33(35,36)37)31-27(29(26)48)40-44(41-31)20-7-13-49-14-8-20/h2-5,7,11,15,18,45H,6,8-10,12-14,16-17H2,1H3,(H,39,46)/t18-,32-/m0/s1. The van der Waals surface area contributed by atoms with Crippen molar-refractivity contribution in [2.75, 3.05) is 30.0 Å². The molecule has 0 radical (unpaired) electrons. The molecule has 49 heavy (non-hydrogen) atoms. The van der Waals surface area contributed by atoms with E-state index in [0.717, 1.165) is 23.9 Å². The molecule has 0 bridgehead atoms. The lowest BCUT2D eigenvalue weighted by Crippen LogP contribution is -2.34. The Morgan fingerprint density at radius 3 is 2.71 bits per heavy atom. The summed E-state index contributed by atoms with van der Waals surface area (Å²) in [6, 6.07) is 5.69. The fraction of sp³-hybridized carbons (Fsp3) is 0.394. The number of nitrogens with zero attached hydrogens (tertiary/aromatic N) is 6. The second kappa shape index (κ2) is 12.3. The van der Waals surface area contributed by atoms with E-state index in [1.807, 2.05) is 13.0 Å². The van der Waals surface area contributed by atoms with Crippen LogP contribution >= 0.6 is 11.6 Å². The van der Waals surface area contributed by atoms with E-state index < -0.39 is 23.1 Å². The predicted octanol–water partition coefficient (Wildman–Crippen LogP) is 5.23. The highest BCUT2D eigenvalue weighted by Gasteiger charge is 2.49. The summed E-state index contributed by atoms with van der Waals surface area (Å²) < 4.78 is 46.7. The van der Waals surface area contributed by atoms with Crippen molar-refractivity contribution in [2.24, 2.45) is 0 Å². The summed E-state index contributed by atoms with van der Waals surface area (Å²) in [6.45, 7) is 2.59. The van der Waals surface area contributed by atoms with Crippen LogP contribution < -0.4 is 15.6 Å². The lowest BCUT2D eigenvalue weighted by molar-refractivity contribution is -0.137. The molecule has 2 aliphatic heterocycles. The molecule has 3 aromatic heterocycles. The summed E-state index contributed by atoms with van der Waals surface area (Å²) in [5.74, 6) is -1.07. The van der Waals surface area contributed by atoms with E-state index in [4.69, 9.17) is 16.3 Å². The number of pyridine rings is 2. The van der Waals surface area contributed by atoms with Gasteiger partial charge in [-0.1, -0.05) is 18.5 Å². The maximum absolute atomic E-state index is 14.5. The van der Waals surface area contributed by atoms with Crippen LogP contribution in [-0.2, 0) is 32.5 Å². The van der Waals surface area contributed by atoms with Gasteiger partial charge in [0.05, 0.1) is 35.2 Å². The first-order valence-corrected chi connectivity index (χ1v) is 16.2. The van der Waals surface area contributed by atoms with E-state index in [2.05, 4.69) is 20.5 Å². The molecule has 1 aromatic carbocycles. The number of nitrogens with one attached hydrogen (secondary N) is 1. The van der Waals surface area contributed by atoms with Crippen LogP contribution in [0.5, 0.6) is 5.75 Å². The van der Waals surface area contributed by atoms with E-state index in [-0.39, 0.29) is 70.2 Å². The number of halogens is 4. The summed E-state index contributed by atoms with van der Waals surface area (Å²) >= 11 is 6.14. The number of carbonyl (C=O) groups excluding carboxylic acids is 2. The largest absolute Gasteiger partial charge is 0.504 e. The van der Waals surface area contributed by atoms with E-state index in [9.17, 15) is 32.7 Å². The van der Waals surface area contributed by atoms with Crippen molar-refractivity contribution in [3.8, 4) is 5.75 Å². The number of hydrogen-bond donors (Lipinski definition) is 2. The smallest absolute Gasteiger partial charge is 0.416 e. The number of fused-ring (bicyclic) bond motifs is 3. The van der Waals surface area contributed by atoms with Gasteiger partial charge in [0.2, 0.25) is 17.2 Å². The molecule has 7 rings (SSSR count). The van der Waals surface area contributed by atoms with Gasteiger partial charge in [0.15, 0.2) is 22.7 Å². The molecule has 2 amide bonds. The fourth-order valence-electron chi connectivity index (χ4n) is 7.37. The third-order valence-corrected chi connectivity index (χ3v) is 9.87. The third kappa shape index (κ3) is 5.84. The predicted molar refractivity (Wildman–Crippen MR) is 173 cm³/mol. The monoisotopic (exact) mass is 697 g/mol. The Hall–Kier alpha value is -4.76. The highest BCUT2D eigenvalue weighted by atomic mass is 35.5. The SMILES string of the molecule is C[C@H]1C[C@@]2(CCC(=O)N(c3ncccc3O)CC2)c2c1n(CC(=O)Nc1ccc(C(F)(F)F)cc1Cl)c1nn(C3=CCOCC3)nc1c2=O. The van der Waals surface area contributed by atoms with Gasteiger partial charge in [-0.15, -0.1) is 10.2 Å². The highest BCUT2D eigenvalue weighted by Crippen LogP contribution is 2.51. The Labute approximate surface area is 282 Å². The van der Waals surface area contributed by atoms with Gasteiger partial charge in [-0.3, -0.25) is 19.3 Å². The average molecular weight is 698 g/mol. The van der Waals surface area contributed by atoms with Crippen LogP contribution in [0, 0.1) is 0 Å². The molecule has 1 aliphatic carbocycles. The number of aromatic nitrogens is 5. The van der Waals surface area contributed by atoms with Crippen molar-refractivity contribution in [2.45, 2.75) is 63.1 Å². The van der Waals surface area contributed by atoms with Crippen molar-refractivity contribution < 1.29 is 32.6 Å². The minimum atomic E-state index is -4.61. The van der Waals surface area contributed by atoms with Crippen molar-refractivity contribution in [1.29, 1.82) is 0 Å². The number of anilines is 2. The molecule has 0 unspecified atom stereocenters. The van der Waals surface area contributed by atoms with E-state index in [0.29, 0.717) is 50.2 Å². The first-order chi connectivity index (χ1) is 23.4. The summed E-state index contributed by atoms with van der Waals surface area (Å²) in [7, 11) is 0. The quantitative estimate of drug-likeness (QED) is 0.289. The number of rotatable bonds is 5. The molecule has 1 saturated heterocycles. The molecule has 4 aromatic rings. The zero-order valence-electron chi connectivity index (χ0n) is 26.3. The van der Waals surface area contributed by atoms with E-state index in [1.165, 1.54) is 22.0 Å². The molecule has 2 atom stereocenters. The minimum absolute atomic E-state index is 0.00530. The average Bonchev–Trinajstić information content (AvgIpc) is 3.59. The maximum Gasteiger partial charge on any atom is 0.416 e. The molecule has 3 aliphatic rings. The number of aromatic hydroxyl groups is 1. The zero-order chi connectivity index (χ0) is 34.7. The molecule has 1 fully saturated rings. The minimum Gasteiger partial charge on any atom is -0.504 e. The van der Waals surface area contributed by atoms with Crippen LogP contribution in [0.4, 0.5) is 24.7 Å². The van der Waals surface area contributed by atoms with Crippen molar-refractivity contribution in [3.63, 3.8) is 0 Å². The Morgan fingerprint density at radius 2 is 2.00 bits per heavy atom. The normalized spacial score (nSPS) is 21.2. The van der Waals surface area contributed by atoms with Gasteiger partial charge < -0.3 is 19.7 Å². The van der Waals surface area contributed by atoms with Gasteiger partial charge in [0.1, 0.15) is 6.54 Å². The number of hydrogen-bond acceptors (Lipinski definition) is 8. The topological polar surface area (TPSA) is 144 Å². The zero-order valence-corrected chi connectivity index (χ0v) is 27.0.